The normalized spacial score (nSPS) is 17.5. The van der Waals surface area contributed by atoms with E-state index in [-0.39, 0.29) is 17.8 Å². The van der Waals surface area contributed by atoms with Crippen molar-refractivity contribution < 1.29 is 14.3 Å². The minimum Gasteiger partial charge on any atom is -0.490 e. The molecule has 0 amide bonds. The lowest BCUT2D eigenvalue weighted by molar-refractivity contribution is 0.0886. The molecule has 1 heterocycles. The van der Waals surface area contributed by atoms with Crippen molar-refractivity contribution in [2.24, 2.45) is 0 Å². The molecule has 0 aromatic heterocycles. The lowest BCUT2D eigenvalue weighted by Gasteiger charge is -2.20. The second-order valence-electron chi connectivity index (χ2n) is 7.82. The topological polar surface area (TPSA) is 38.8 Å². The molecule has 0 radical (unpaired) electrons. The first-order valence-electron chi connectivity index (χ1n) is 11.1. The Bertz CT molecular complexity index is 875. The summed E-state index contributed by atoms with van der Waals surface area (Å²) in [6.07, 6.45) is 2.94. The van der Waals surface area contributed by atoms with E-state index in [9.17, 15) is 4.79 Å². The van der Waals surface area contributed by atoms with E-state index in [0.29, 0.717) is 6.61 Å². The van der Waals surface area contributed by atoms with Gasteiger partial charge in [0.15, 0.2) is 5.78 Å². The fourth-order valence-electron chi connectivity index (χ4n) is 4.05. The Morgan fingerprint density at radius 1 is 1.10 bits per heavy atom. The van der Waals surface area contributed by atoms with Crippen molar-refractivity contribution in [1.29, 1.82) is 0 Å². The van der Waals surface area contributed by atoms with E-state index < -0.39 is 0 Å². The van der Waals surface area contributed by atoms with Gasteiger partial charge in [0.2, 0.25) is 0 Å². The lowest BCUT2D eigenvalue weighted by atomic mass is 9.86. The van der Waals surface area contributed by atoms with Gasteiger partial charge in [-0.1, -0.05) is 51.8 Å². The third-order valence-corrected chi connectivity index (χ3v) is 7.46. The van der Waals surface area contributed by atoms with E-state index >= 15 is 0 Å². The first-order valence-corrected chi connectivity index (χ1v) is 13.3. The molecule has 0 unspecified atom stereocenters. The minimum absolute atomic E-state index is 0.0924. The fourth-order valence-corrected chi connectivity index (χ4v) is 6.13. The molecule has 0 bridgehead atoms. The van der Waals surface area contributed by atoms with Gasteiger partial charge in [-0.25, -0.2) is 0 Å². The van der Waals surface area contributed by atoms with Crippen molar-refractivity contribution in [1.82, 2.24) is 4.90 Å². The number of hydrogen-bond donors (Lipinski definition) is 0. The minimum atomic E-state index is -0.246. The van der Waals surface area contributed by atoms with E-state index in [4.69, 9.17) is 9.47 Å². The number of ketones is 1. The molecular formula is C25H31I2NO3. The predicted molar refractivity (Wildman–Crippen MR) is 143 cm³/mol. The van der Waals surface area contributed by atoms with Crippen molar-refractivity contribution in [2.45, 2.75) is 52.1 Å². The third kappa shape index (κ3) is 5.93. The van der Waals surface area contributed by atoms with Gasteiger partial charge in [0.1, 0.15) is 24.2 Å². The average molecular weight is 647 g/mol. The molecule has 3 rings (SSSR count). The van der Waals surface area contributed by atoms with Crippen LogP contribution in [0.25, 0.3) is 0 Å². The standard InChI is InChI=1S/C25H31I2NO3/c1-4-7-11-22-23(18-10-8-9-12-21(18)31-22)24(29)17-15-19(26)25(20(27)16-17)30-14-13-28(5-2)6-3/h8-10,12,15-16,22-23H,4-7,11,13-14H2,1-3H3/t22-,23-/m1/s1. The number of ether oxygens (including phenoxy) is 2. The van der Waals surface area contributed by atoms with Crippen molar-refractivity contribution in [2.75, 3.05) is 26.2 Å². The summed E-state index contributed by atoms with van der Waals surface area (Å²) >= 11 is 4.57. The summed E-state index contributed by atoms with van der Waals surface area (Å²) in [6, 6.07) is 11.9. The number of rotatable bonds is 11. The lowest BCUT2D eigenvalue weighted by Crippen LogP contribution is -2.28. The van der Waals surface area contributed by atoms with Gasteiger partial charge in [-0.2, -0.15) is 0 Å². The summed E-state index contributed by atoms with van der Waals surface area (Å²) < 4.78 is 14.2. The van der Waals surface area contributed by atoms with Gasteiger partial charge in [-0.15, -0.1) is 0 Å². The highest BCUT2D eigenvalue weighted by atomic mass is 127. The van der Waals surface area contributed by atoms with Gasteiger partial charge in [-0.3, -0.25) is 4.79 Å². The average Bonchev–Trinajstić information content (AvgIpc) is 3.14. The summed E-state index contributed by atoms with van der Waals surface area (Å²) in [5.41, 5.74) is 1.75. The zero-order chi connectivity index (χ0) is 22.4. The summed E-state index contributed by atoms with van der Waals surface area (Å²) in [4.78, 5) is 16.0. The molecule has 0 saturated carbocycles. The number of hydrogen-bond acceptors (Lipinski definition) is 4. The number of nitrogens with zero attached hydrogens (tertiary/aromatic N) is 1. The van der Waals surface area contributed by atoms with Crippen LogP contribution in [0.4, 0.5) is 0 Å². The van der Waals surface area contributed by atoms with E-state index in [2.05, 4.69) is 70.9 Å². The van der Waals surface area contributed by atoms with Gasteiger partial charge in [0.05, 0.1) is 13.1 Å². The summed E-state index contributed by atoms with van der Waals surface area (Å²) in [5, 5.41) is 0. The monoisotopic (exact) mass is 647 g/mol. The van der Waals surface area contributed by atoms with Crippen molar-refractivity contribution in [3.8, 4) is 11.5 Å². The molecule has 31 heavy (non-hydrogen) atoms. The Balaban J connectivity index is 1.80. The van der Waals surface area contributed by atoms with Crippen LogP contribution in [-0.2, 0) is 0 Å². The molecule has 6 heteroatoms. The highest BCUT2D eigenvalue weighted by molar-refractivity contribution is 14.1. The maximum absolute atomic E-state index is 13.6. The molecule has 2 aromatic rings. The molecule has 0 aliphatic carbocycles. The number of para-hydroxylation sites is 1. The Hall–Kier alpha value is -0.870. The molecular weight excluding hydrogens is 616 g/mol. The molecule has 0 saturated heterocycles. The fraction of sp³-hybridized carbons (Fsp3) is 0.480. The number of Topliss-reactive ketones (excluding diaryl/α,β-unsaturated/α-hetero) is 1. The van der Waals surface area contributed by atoms with Gasteiger partial charge in [-0.05, 0) is 82.9 Å². The Morgan fingerprint density at radius 2 is 1.77 bits per heavy atom. The second kappa shape index (κ2) is 11.8. The number of likely N-dealkylation sites (N-methyl/N-ethyl adjacent to an activating group) is 1. The zero-order valence-electron chi connectivity index (χ0n) is 18.5. The van der Waals surface area contributed by atoms with E-state index in [1.807, 2.05) is 36.4 Å². The van der Waals surface area contributed by atoms with E-state index in [0.717, 1.165) is 68.7 Å². The number of carbonyl (C=O) groups excluding carboxylic acids is 1. The second-order valence-corrected chi connectivity index (χ2v) is 10.1. The van der Waals surface area contributed by atoms with Crippen LogP contribution in [0.5, 0.6) is 11.5 Å². The van der Waals surface area contributed by atoms with Crippen LogP contribution in [0, 0.1) is 7.14 Å². The molecule has 4 nitrogen and oxygen atoms in total. The zero-order valence-corrected chi connectivity index (χ0v) is 22.8. The quantitative estimate of drug-likeness (QED) is 0.206. The number of halogens is 2. The maximum atomic E-state index is 13.6. The predicted octanol–water partition coefficient (Wildman–Crippen LogP) is 6.53. The van der Waals surface area contributed by atoms with Gasteiger partial charge in [0.25, 0.3) is 0 Å². The molecule has 2 atom stereocenters. The van der Waals surface area contributed by atoms with Gasteiger partial charge in [0, 0.05) is 17.7 Å². The van der Waals surface area contributed by atoms with Crippen molar-refractivity contribution in [3.05, 3.63) is 54.7 Å². The number of fused-ring (bicyclic) bond motifs is 1. The largest absolute Gasteiger partial charge is 0.490 e. The van der Waals surface area contributed by atoms with Gasteiger partial charge >= 0.3 is 0 Å². The first-order chi connectivity index (χ1) is 15.0. The number of benzene rings is 2. The van der Waals surface area contributed by atoms with Crippen LogP contribution in [0.3, 0.4) is 0 Å². The molecule has 2 aromatic carbocycles. The maximum Gasteiger partial charge on any atom is 0.174 e. The first kappa shape index (κ1) is 24.8. The molecule has 1 aliphatic rings. The van der Waals surface area contributed by atoms with Crippen LogP contribution in [-0.4, -0.2) is 43.0 Å². The third-order valence-electron chi connectivity index (χ3n) is 5.86. The number of unbranched alkanes of at least 4 members (excludes halogenated alkanes) is 1. The van der Waals surface area contributed by atoms with E-state index in [1.165, 1.54) is 0 Å². The Kier molecular flexibility index (Phi) is 9.46. The van der Waals surface area contributed by atoms with Crippen LogP contribution in [0.2, 0.25) is 0 Å². The Labute approximate surface area is 213 Å². The van der Waals surface area contributed by atoms with Crippen LogP contribution < -0.4 is 9.47 Å². The molecule has 1 aliphatic heterocycles. The summed E-state index contributed by atoms with van der Waals surface area (Å²) in [6.45, 7) is 10.1. The van der Waals surface area contributed by atoms with Crippen LogP contribution in [0.15, 0.2) is 36.4 Å². The highest BCUT2D eigenvalue weighted by Gasteiger charge is 2.39. The van der Waals surface area contributed by atoms with Crippen LogP contribution in [0.1, 0.15) is 61.9 Å². The van der Waals surface area contributed by atoms with Crippen molar-refractivity contribution >= 4 is 51.0 Å². The molecule has 0 spiro atoms. The Morgan fingerprint density at radius 3 is 2.42 bits per heavy atom. The number of carbonyl (C=O) groups is 1. The SMILES string of the molecule is CCCC[C@H]1Oc2ccccc2[C@H]1C(=O)c1cc(I)c(OCCN(CC)CC)c(I)c1. The van der Waals surface area contributed by atoms with E-state index in [1.54, 1.807) is 0 Å². The van der Waals surface area contributed by atoms with Crippen molar-refractivity contribution in [3.63, 3.8) is 0 Å². The van der Waals surface area contributed by atoms with Gasteiger partial charge < -0.3 is 14.4 Å². The smallest absolute Gasteiger partial charge is 0.174 e. The molecule has 0 fully saturated rings. The molecule has 0 N–H and O–H groups in total. The highest BCUT2D eigenvalue weighted by Crippen LogP contribution is 2.42. The summed E-state index contributed by atoms with van der Waals surface area (Å²) in [5.74, 6) is 1.61. The molecule has 168 valence electrons. The van der Waals surface area contributed by atoms with Crippen LogP contribution >= 0.6 is 45.2 Å². The summed E-state index contributed by atoms with van der Waals surface area (Å²) in [7, 11) is 0.